The maximum absolute atomic E-state index is 11.7. The van der Waals surface area contributed by atoms with Gasteiger partial charge in [-0.25, -0.2) is 0 Å². The molecular formula is C11H21N3O. The van der Waals surface area contributed by atoms with Crippen molar-refractivity contribution in [1.29, 1.82) is 5.26 Å². The van der Waals surface area contributed by atoms with Crippen molar-refractivity contribution in [2.24, 2.45) is 5.73 Å². The van der Waals surface area contributed by atoms with E-state index in [-0.39, 0.29) is 11.9 Å². The molecule has 0 heterocycles. The monoisotopic (exact) mass is 211 g/mol. The molecule has 0 aromatic rings. The first-order valence-corrected chi connectivity index (χ1v) is 5.55. The fourth-order valence-corrected chi connectivity index (χ4v) is 1.47. The SMILES string of the molecule is CCCC(N)CC(=O)N(CC)CCC#N. The Labute approximate surface area is 92.0 Å². The summed E-state index contributed by atoms with van der Waals surface area (Å²) in [6.07, 6.45) is 2.66. The summed E-state index contributed by atoms with van der Waals surface area (Å²) in [5.74, 6) is 0.0636. The van der Waals surface area contributed by atoms with E-state index in [4.69, 9.17) is 11.0 Å². The van der Waals surface area contributed by atoms with E-state index < -0.39 is 0 Å². The molecule has 1 amide bonds. The molecule has 0 aliphatic carbocycles. The largest absolute Gasteiger partial charge is 0.342 e. The van der Waals surface area contributed by atoms with Gasteiger partial charge in [0.1, 0.15) is 0 Å². The molecule has 0 saturated carbocycles. The van der Waals surface area contributed by atoms with Gasteiger partial charge < -0.3 is 10.6 Å². The van der Waals surface area contributed by atoms with E-state index in [1.165, 1.54) is 0 Å². The second kappa shape index (κ2) is 8.25. The van der Waals surface area contributed by atoms with Crippen LogP contribution in [0.5, 0.6) is 0 Å². The van der Waals surface area contributed by atoms with E-state index in [1.807, 2.05) is 13.0 Å². The highest BCUT2D eigenvalue weighted by molar-refractivity contribution is 5.76. The Kier molecular flexibility index (Phi) is 7.65. The second-order valence-electron chi connectivity index (χ2n) is 3.63. The number of nitriles is 1. The zero-order valence-corrected chi connectivity index (χ0v) is 9.70. The van der Waals surface area contributed by atoms with Crippen molar-refractivity contribution >= 4 is 5.91 Å². The van der Waals surface area contributed by atoms with E-state index in [1.54, 1.807) is 4.90 Å². The molecule has 0 radical (unpaired) electrons. The topological polar surface area (TPSA) is 70.1 Å². The quantitative estimate of drug-likeness (QED) is 0.689. The number of amides is 1. The maximum Gasteiger partial charge on any atom is 0.224 e. The lowest BCUT2D eigenvalue weighted by atomic mass is 10.1. The van der Waals surface area contributed by atoms with E-state index in [0.717, 1.165) is 12.8 Å². The van der Waals surface area contributed by atoms with Crippen LogP contribution in [0.1, 0.15) is 39.5 Å². The molecule has 0 saturated heterocycles. The minimum atomic E-state index is -0.0429. The van der Waals surface area contributed by atoms with Gasteiger partial charge in [-0.15, -0.1) is 0 Å². The Morgan fingerprint density at radius 3 is 2.67 bits per heavy atom. The van der Waals surface area contributed by atoms with Gasteiger partial charge in [0.05, 0.1) is 12.5 Å². The summed E-state index contributed by atoms with van der Waals surface area (Å²) in [7, 11) is 0. The lowest BCUT2D eigenvalue weighted by molar-refractivity contribution is -0.131. The summed E-state index contributed by atoms with van der Waals surface area (Å²) in [6, 6.07) is 2.00. The van der Waals surface area contributed by atoms with Crippen LogP contribution >= 0.6 is 0 Å². The third-order valence-corrected chi connectivity index (χ3v) is 2.32. The molecule has 2 N–H and O–H groups in total. The lowest BCUT2D eigenvalue weighted by Gasteiger charge is -2.21. The molecule has 0 spiro atoms. The van der Waals surface area contributed by atoms with Crippen molar-refractivity contribution in [3.8, 4) is 6.07 Å². The van der Waals surface area contributed by atoms with Gasteiger partial charge in [0.2, 0.25) is 5.91 Å². The summed E-state index contributed by atoms with van der Waals surface area (Å²) in [5, 5.41) is 8.45. The Morgan fingerprint density at radius 1 is 1.53 bits per heavy atom. The van der Waals surface area contributed by atoms with Gasteiger partial charge in [-0.2, -0.15) is 5.26 Å². The zero-order valence-electron chi connectivity index (χ0n) is 9.70. The first kappa shape index (κ1) is 13.9. The first-order chi connectivity index (χ1) is 7.15. The van der Waals surface area contributed by atoms with Gasteiger partial charge in [-0.3, -0.25) is 4.79 Å². The van der Waals surface area contributed by atoms with Crippen LogP contribution in [-0.2, 0) is 4.79 Å². The molecule has 1 unspecified atom stereocenters. The fraction of sp³-hybridized carbons (Fsp3) is 0.818. The number of nitrogens with zero attached hydrogens (tertiary/aromatic N) is 2. The number of carbonyl (C=O) groups excluding carboxylic acids is 1. The first-order valence-electron chi connectivity index (χ1n) is 5.55. The Balaban J connectivity index is 3.98. The molecular weight excluding hydrogens is 190 g/mol. The Morgan fingerprint density at radius 2 is 2.20 bits per heavy atom. The predicted molar refractivity (Wildman–Crippen MR) is 60.0 cm³/mol. The highest BCUT2D eigenvalue weighted by Crippen LogP contribution is 2.03. The summed E-state index contributed by atoms with van der Waals surface area (Å²) in [5.41, 5.74) is 5.79. The van der Waals surface area contributed by atoms with E-state index in [2.05, 4.69) is 6.92 Å². The van der Waals surface area contributed by atoms with Crippen molar-refractivity contribution in [1.82, 2.24) is 4.90 Å². The lowest BCUT2D eigenvalue weighted by Crippen LogP contribution is -2.36. The van der Waals surface area contributed by atoms with Crippen molar-refractivity contribution in [3.05, 3.63) is 0 Å². The Bertz CT molecular complexity index is 222. The normalized spacial score (nSPS) is 11.9. The molecule has 0 rings (SSSR count). The van der Waals surface area contributed by atoms with Crippen LogP contribution in [0.2, 0.25) is 0 Å². The third kappa shape index (κ3) is 6.08. The molecule has 1 atom stereocenters. The molecule has 0 aromatic heterocycles. The minimum absolute atomic E-state index is 0.0429. The van der Waals surface area contributed by atoms with E-state index in [0.29, 0.717) is 25.9 Å². The average Bonchev–Trinajstić information content (AvgIpc) is 2.19. The number of carbonyl (C=O) groups is 1. The average molecular weight is 211 g/mol. The number of rotatable bonds is 7. The molecule has 0 aliphatic heterocycles. The van der Waals surface area contributed by atoms with Crippen LogP contribution in [0.4, 0.5) is 0 Å². The molecule has 86 valence electrons. The van der Waals surface area contributed by atoms with Crippen LogP contribution in [0.25, 0.3) is 0 Å². The van der Waals surface area contributed by atoms with E-state index in [9.17, 15) is 4.79 Å². The van der Waals surface area contributed by atoms with Gasteiger partial charge in [0.15, 0.2) is 0 Å². The fourth-order valence-electron chi connectivity index (χ4n) is 1.47. The number of hydrogen-bond acceptors (Lipinski definition) is 3. The number of hydrogen-bond donors (Lipinski definition) is 1. The van der Waals surface area contributed by atoms with Gasteiger partial charge in [-0.05, 0) is 13.3 Å². The molecule has 4 nitrogen and oxygen atoms in total. The highest BCUT2D eigenvalue weighted by atomic mass is 16.2. The zero-order chi connectivity index (χ0) is 11.7. The molecule has 15 heavy (non-hydrogen) atoms. The van der Waals surface area contributed by atoms with Crippen LogP contribution in [0, 0.1) is 11.3 Å². The van der Waals surface area contributed by atoms with E-state index >= 15 is 0 Å². The summed E-state index contributed by atoms with van der Waals surface area (Å²) < 4.78 is 0. The van der Waals surface area contributed by atoms with Gasteiger partial charge >= 0.3 is 0 Å². The van der Waals surface area contributed by atoms with Gasteiger partial charge in [0, 0.05) is 25.6 Å². The molecule has 0 aliphatic rings. The van der Waals surface area contributed by atoms with Crippen molar-refractivity contribution in [2.45, 2.75) is 45.6 Å². The molecule has 0 bridgehead atoms. The van der Waals surface area contributed by atoms with Gasteiger partial charge in [0.25, 0.3) is 0 Å². The molecule has 0 fully saturated rings. The van der Waals surface area contributed by atoms with Crippen molar-refractivity contribution in [3.63, 3.8) is 0 Å². The van der Waals surface area contributed by atoms with Crippen LogP contribution in [0.15, 0.2) is 0 Å². The van der Waals surface area contributed by atoms with Crippen molar-refractivity contribution < 1.29 is 4.79 Å². The summed E-state index contributed by atoms with van der Waals surface area (Å²) in [6.45, 7) is 5.14. The standard InChI is InChI=1S/C11H21N3O/c1-3-6-10(13)9-11(15)14(4-2)8-5-7-12/h10H,3-6,8-9,13H2,1-2H3. The summed E-state index contributed by atoms with van der Waals surface area (Å²) in [4.78, 5) is 13.4. The maximum atomic E-state index is 11.7. The van der Waals surface area contributed by atoms with Gasteiger partial charge in [-0.1, -0.05) is 13.3 Å². The van der Waals surface area contributed by atoms with Crippen LogP contribution in [0.3, 0.4) is 0 Å². The van der Waals surface area contributed by atoms with Crippen LogP contribution in [-0.4, -0.2) is 29.9 Å². The molecule has 0 aromatic carbocycles. The smallest absolute Gasteiger partial charge is 0.224 e. The Hall–Kier alpha value is -1.08. The summed E-state index contributed by atoms with van der Waals surface area (Å²) >= 11 is 0. The minimum Gasteiger partial charge on any atom is -0.342 e. The number of nitrogens with two attached hydrogens (primary N) is 1. The van der Waals surface area contributed by atoms with Crippen LogP contribution < -0.4 is 5.73 Å². The predicted octanol–water partition coefficient (Wildman–Crippen LogP) is 1.27. The second-order valence-corrected chi connectivity index (χ2v) is 3.63. The molecule has 4 heteroatoms. The highest BCUT2D eigenvalue weighted by Gasteiger charge is 2.14. The third-order valence-electron chi connectivity index (χ3n) is 2.32. The van der Waals surface area contributed by atoms with Crippen molar-refractivity contribution in [2.75, 3.05) is 13.1 Å².